The van der Waals surface area contributed by atoms with Crippen LogP contribution in [0.1, 0.15) is 52.9 Å². The zero-order valence-electron chi connectivity index (χ0n) is 19.0. The first-order chi connectivity index (χ1) is 14.9. The standard InChI is InChI=1S/C20H37N7O5/c1-11(2)10-14(19(31)32)26-17(29)15-7-5-9-27(15)18(30)12(3)25-16(28)13(21)6-4-8-24-20(22)23/h11-15H,4-10,21H2,1-3H3,(H,25,28)(H,26,29)(H,31,32)(H4,22,23,24). The monoisotopic (exact) mass is 455 g/mol. The van der Waals surface area contributed by atoms with E-state index in [1.165, 1.54) is 11.8 Å². The Hall–Kier alpha value is -2.89. The van der Waals surface area contributed by atoms with Gasteiger partial charge in [0.25, 0.3) is 0 Å². The molecule has 1 heterocycles. The number of aliphatic imine (C=N–C) groups is 1. The summed E-state index contributed by atoms with van der Waals surface area (Å²) in [7, 11) is 0. The minimum absolute atomic E-state index is 0.0367. The fraction of sp³-hybridized carbons (Fsp3) is 0.750. The molecule has 12 heteroatoms. The molecule has 0 saturated carbocycles. The number of nitrogens with zero attached hydrogens (tertiary/aromatic N) is 2. The lowest BCUT2D eigenvalue weighted by Crippen LogP contribution is -2.56. The Balaban J connectivity index is 2.65. The van der Waals surface area contributed by atoms with Crippen LogP contribution in [0.5, 0.6) is 0 Å². The highest BCUT2D eigenvalue weighted by atomic mass is 16.4. The van der Waals surface area contributed by atoms with Crippen molar-refractivity contribution in [1.82, 2.24) is 15.5 Å². The molecule has 3 amide bonds. The Morgan fingerprint density at radius 3 is 2.38 bits per heavy atom. The zero-order valence-corrected chi connectivity index (χ0v) is 19.0. The Morgan fingerprint density at radius 2 is 1.81 bits per heavy atom. The lowest BCUT2D eigenvalue weighted by Gasteiger charge is -2.28. The van der Waals surface area contributed by atoms with Gasteiger partial charge in [-0.05, 0) is 44.9 Å². The van der Waals surface area contributed by atoms with Crippen molar-refractivity contribution in [2.75, 3.05) is 13.1 Å². The van der Waals surface area contributed by atoms with Crippen molar-refractivity contribution in [2.24, 2.45) is 28.1 Å². The number of carbonyl (C=O) groups is 4. The summed E-state index contributed by atoms with van der Waals surface area (Å²) in [5.74, 6) is -2.48. The molecule has 0 aromatic heterocycles. The molecular formula is C20H37N7O5. The molecule has 0 bridgehead atoms. The number of carboxylic acid groups (broad SMARTS) is 1. The van der Waals surface area contributed by atoms with E-state index in [2.05, 4.69) is 15.6 Å². The molecule has 1 rings (SSSR count). The Bertz CT molecular complexity index is 708. The van der Waals surface area contributed by atoms with E-state index < -0.39 is 47.9 Å². The second kappa shape index (κ2) is 12.8. The van der Waals surface area contributed by atoms with E-state index in [1.54, 1.807) is 0 Å². The van der Waals surface area contributed by atoms with E-state index >= 15 is 0 Å². The maximum Gasteiger partial charge on any atom is 0.326 e. The van der Waals surface area contributed by atoms with Gasteiger partial charge in [0.15, 0.2) is 5.96 Å². The molecule has 0 spiro atoms. The molecular weight excluding hydrogens is 418 g/mol. The average Bonchev–Trinajstić information content (AvgIpc) is 3.19. The number of guanidine groups is 1. The van der Waals surface area contributed by atoms with E-state index in [-0.39, 0.29) is 18.3 Å². The molecule has 12 nitrogen and oxygen atoms in total. The number of aliphatic carboxylic acids is 1. The summed E-state index contributed by atoms with van der Waals surface area (Å²) in [4.78, 5) is 54.5. The van der Waals surface area contributed by atoms with Crippen LogP contribution in [0, 0.1) is 5.92 Å². The van der Waals surface area contributed by atoms with Crippen LogP contribution in [0.2, 0.25) is 0 Å². The number of rotatable bonds is 12. The number of carbonyl (C=O) groups excluding carboxylic acids is 3. The van der Waals surface area contributed by atoms with E-state index in [9.17, 15) is 24.3 Å². The number of amides is 3. The fourth-order valence-electron chi connectivity index (χ4n) is 3.55. The summed E-state index contributed by atoms with van der Waals surface area (Å²) in [5.41, 5.74) is 16.3. The fourth-order valence-corrected chi connectivity index (χ4v) is 3.55. The molecule has 4 unspecified atom stereocenters. The largest absolute Gasteiger partial charge is 0.480 e. The molecule has 0 aliphatic carbocycles. The van der Waals surface area contributed by atoms with Crippen molar-refractivity contribution in [3.8, 4) is 0 Å². The van der Waals surface area contributed by atoms with Crippen molar-refractivity contribution in [2.45, 2.75) is 77.0 Å². The van der Waals surface area contributed by atoms with Gasteiger partial charge in [-0.2, -0.15) is 0 Å². The normalized spacial score (nSPS) is 18.5. The number of likely N-dealkylation sites (tertiary alicyclic amines) is 1. The molecule has 9 N–H and O–H groups in total. The van der Waals surface area contributed by atoms with Gasteiger partial charge in [-0.25, -0.2) is 4.79 Å². The molecule has 0 aromatic rings. The van der Waals surface area contributed by atoms with Crippen molar-refractivity contribution >= 4 is 29.7 Å². The lowest BCUT2D eigenvalue weighted by atomic mass is 10.0. The highest BCUT2D eigenvalue weighted by Gasteiger charge is 2.38. The first-order valence-electron chi connectivity index (χ1n) is 10.9. The topological polar surface area (TPSA) is 206 Å². The Morgan fingerprint density at radius 1 is 1.16 bits per heavy atom. The summed E-state index contributed by atoms with van der Waals surface area (Å²) >= 11 is 0. The summed E-state index contributed by atoms with van der Waals surface area (Å²) in [6.45, 7) is 5.95. The van der Waals surface area contributed by atoms with Crippen molar-refractivity contribution in [1.29, 1.82) is 0 Å². The maximum absolute atomic E-state index is 12.9. The summed E-state index contributed by atoms with van der Waals surface area (Å²) in [6.07, 6.45) is 2.16. The third kappa shape index (κ3) is 8.69. The van der Waals surface area contributed by atoms with Crippen molar-refractivity contribution in [3.63, 3.8) is 0 Å². The van der Waals surface area contributed by atoms with Gasteiger partial charge in [0.05, 0.1) is 6.04 Å². The Kier molecular flexibility index (Phi) is 10.9. The third-order valence-electron chi connectivity index (χ3n) is 5.19. The first kappa shape index (κ1) is 27.1. The number of nitrogens with one attached hydrogen (secondary N) is 2. The van der Waals surface area contributed by atoms with Gasteiger partial charge < -0.3 is 37.8 Å². The summed E-state index contributed by atoms with van der Waals surface area (Å²) in [5, 5.41) is 14.5. The number of carboxylic acids is 1. The van der Waals surface area contributed by atoms with Gasteiger partial charge in [-0.1, -0.05) is 13.8 Å². The van der Waals surface area contributed by atoms with Crippen LogP contribution < -0.4 is 27.8 Å². The minimum atomic E-state index is -1.11. The van der Waals surface area contributed by atoms with Crippen LogP contribution >= 0.6 is 0 Å². The SMILES string of the molecule is CC(C)CC(NC(=O)C1CCCN1C(=O)C(C)NC(=O)C(N)CCCN=C(N)N)C(=O)O. The molecule has 4 atom stereocenters. The molecule has 0 radical (unpaired) electrons. The van der Waals surface area contributed by atoms with Crippen LogP contribution in [0.25, 0.3) is 0 Å². The molecule has 1 saturated heterocycles. The molecule has 182 valence electrons. The van der Waals surface area contributed by atoms with E-state index in [0.29, 0.717) is 38.8 Å². The summed E-state index contributed by atoms with van der Waals surface area (Å²) in [6, 6.07) is -3.51. The van der Waals surface area contributed by atoms with Gasteiger partial charge in [0, 0.05) is 13.1 Å². The smallest absolute Gasteiger partial charge is 0.326 e. The van der Waals surface area contributed by atoms with Gasteiger partial charge in [-0.15, -0.1) is 0 Å². The van der Waals surface area contributed by atoms with Crippen LogP contribution in [0.15, 0.2) is 4.99 Å². The van der Waals surface area contributed by atoms with Gasteiger partial charge in [0.2, 0.25) is 17.7 Å². The third-order valence-corrected chi connectivity index (χ3v) is 5.19. The predicted octanol–water partition coefficient (Wildman–Crippen LogP) is -1.52. The highest BCUT2D eigenvalue weighted by Crippen LogP contribution is 2.19. The number of hydrogen-bond donors (Lipinski definition) is 6. The zero-order chi connectivity index (χ0) is 24.4. The average molecular weight is 456 g/mol. The molecule has 1 fully saturated rings. The van der Waals surface area contributed by atoms with Crippen LogP contribution in [-0.4, -0.2) is 76.9 Å². The molecule has 1 aliphatic heterocycles. The first-order valence-corrected chi connectivity index (χ1v) is 10.9. The molecule has 32 heavy (non-hydrogen) atoms. The number of hydrogen-bond acceptors (Lipinski definition) is 6. The minimum Gasteiger partial charge on any atom is -0.480 e. The van der Waals surface area contributed by atoms with Crippen LogP contribution in [0.3, 0.4) is 0 Å². The van der Waals surface area contributed by atoms with Crippen molar-refractivity contribution < 1.29 is 24.3 Å². The van der Waals surface area contributed by atoms with Crippen molar-refractivity contribution in [3.05, 3.63) is 0 Å². The molecule has 1 aliphatic rings. The van der Waals surface area contributed by atoms with Gasteiger partial charge in [0.1, 0.15) is 18.1 Å². The van der Waals surface area contributed by atoms with E-state index in [4.69, 9.17) is 17.2 Å². The van der Waals surface area contributed by atoms with E-state index in [0.717, 1.165) is 0 Å². The van der Waals surface area contributed by atoms with Crippen LogP contribution in [-0.2, 0) is 19.2 Å². The maximum atomic E-state index is 12.9. The molecule has 0 aromatic carbocycles. The van der Waals surface area contributed by atoms with Gasteiger partial charge >= 0.3 is 5.97 Å². The predicted molar refractivity (Wildman–Crippen MR) is 119 cm³/mol. The Labute approximate surface area is 188 Å². The quantitative estimate of drug-likeness (QED) is 0.115. The van der Waals surface area contributed by atoms with Crippen LogP contribution in [0.4, 0.5) is 0 Å². The number of nitrogens with two attached hydrogens (primary N) is 3. The summed E-state index contributed by atoms with van der Waals surface area (Å²) < 4.78 is 0. The highest BCUT2D eigenvalue weighted by molar-refractivity contribution is 5.94. The second-order valence-corrected chi connectivity index (χ2v) is 8.50. The second-order valence-electron chi connectivity index (χ2n) is 8.50. The lowest BCUT2D eigenvalue weighted by molar-refractivity contribution is -0.145. The van der Waals surface area contributed by atoms with Gasteiger partial charge in [-0.3, -0.25) is 19.4 Å². The van der Waals surface area contributed by atoms with E-state index in [1.807, 2.05) is 13.8 Å².